The van der Waals surface area contributed by atoms with Crippen LogP contribution in [0, 0.1) is 0 Å². The van der Waals surface area contributed by atoms with Crippen molar-refractivity contribution in [2.24, 2.45) is 5.73 Å². The highest BCUT2D eigenvalue weighted by Crippen LogP contribution is 2.29. The fourth-order valence-corrected chi connectivity index (χ4v) is 3.81. The van der Waals surface area contributed by atoms with E-state index in [9.17, 15) is 0 Å². The molecule has 1 fully saturated rings. The summed E-state index contributed by atoms with van der Waals surface area (Å²) >= 11 is 2.04. The molecule has 3 atom stereocenters. The Balaban J connectivity index is 2.17. The summed E-state index contributed by atoms with van der Waals surface area (Å²) in [6.45, 7) is 2.08. The molecule has 3 unspecified atom stereocenters. The second-order valence-corrected chi connectivity index (χ2v) is 5.92. The van der Waals surface area contributed by atoms with Gasteiger partial charge in [-0.3, -0.25) is 9.88 Å². The second-order valence-electron chi connectivity index (χ2n) is 4.77. The van der Waals surface area contributed by atoms with E-state index in [4.69, 9.17) is 5.73 Å². The molecule has 94 valence electrons. The van der Waals surface area contributed by atoms with Crippen molar-refractivity contribution in [3.8, 4) is 0 Å². The normalized spacial score (nSPS) is 23.9. The zero-order valence-electron chi connectivity index (χ0n) is 10.5. The quantitative estimate of drug-likeness (QED) is 0.887. The van der Waals surface area contributed by atoms with E-state index in [2.05, 4.69) is 29.9 Å². The molecule has 0 saturated carbocycles. The molecule has 1 aromatic heterocycles. The molecule has 1 aromatic rings. The van der Waals surface area contributed by atoms with Gasteiger partial charge >= 0.3 is 0 Å². The number of nitrogens with zero attached hydrogens (tertiary/aromatic N) is 2. The van der Waals surface area contributed by atoms with Crippen molar-refractivity contribution in [2.75, 3.05) is 18.6 Å². The molecule has 0 radical (unpaired) electrons. The highest BCUT2D eigenvalue weighted by atomic mass is 32.2. The van der Waals surface area contributed by atoms with Gasteiger partial charge in [-0.15, -0.1) is 0 Å². The summed E-state index contributed by atoms with van der Waals surface area (Å²) in [5.74, 6) is 2.49. The third-order valence-electron chi connectivity index (χ3n) is 3.44. The van der Waals surface area contributed by atoms with Crippen LogP contribution < -0.4 is 5.73 Å². The van der Waals surface area contributed by atoms with Crippen LogP contribution in [0.4, 0.5) is 0 Å². The molecule has 0 amide bonds. The molecule has 0 bridgehead atoms. The van der Waals surface area contributed by atoms with E-state index < -0.39 is 0 Å². The van der Waals surface area contributed by atoms with Gasteiger partial charge in [0.05, 0.1) is 6.04 Å². The summed E-state index contributed by atoms with van der Waals surface area (Å²) in [5.41, 5.74) is 7.38. The SMILES string of the molecule is CC(N)C(c1cccnc1)N(C)C1CCSC1. The van der Waals surface area contributed by atoms with E-state index in [0.717, 1.165) is 0 Å². The van der Waals surface area contributed by atoms with Crippen molar-refractivity contribution in [1.82, 2.24) is 9.88 Å². The lowest BCUT2D eigenvalue weighted by atomic mass is 9.99. The molecule has 0 aliphatic carbocycles. The Labute approximate surface area is 108 Å². The van der Waals surface area contributed by atoms with Crippen LogP contribution in [-0.2, 0) is 0 Å². The molecule has 3 nitrogen and oxygen atoms in total. The number of rotatable bonds is 4. The number of thioether (sulfide) groups is 1. The first-order chi connectivity index (χ1) is 8.20. The lowest BCUT2D eigenvalue weighted by Crippen LogP contribution is -2.43. The number of pyridine rings is 1. The Hall–Kier alpha value is -0.580. The van der Waals surface area contributed by atoms with Gasteiger partial charge in [0.2, 0.25) is 0 Å². The van der Waals surface area contributed by atoms with Gasteiger partial charge < -0.3 is 5.73 Å². The smallest absolute Gasteiger partial charge is 0.0511 e. The maximum Gasteiger partial charge on any atom is 0.0511 e. The van der Waals surface area contributed by atoms with Crippen LogP contribution in [-0.4, -0.2) is 40.5 Å². The predicted octanol–water partition coefficient (Wildman–Crippen LogP) is 1.91. The number of hydrogen-bond donors (Lipinski definition) is 1. The topological polar surface area (TPSA) is 42.1 Å². The zero-order chi connectivity index (χ0) is 12.3. The van der Waals surface area contributed by atoms with Crippen LogP contribution >= 0.6 is 11.8 Å². The summed E-state index contributed by atoms with van der Waals surface area (Å²) < 4.78 is 0. The molecular formula is C13H21N3S. The third kappa shape index (κ3) is 3.00. The second kappa shape index (κ2) is 5.85. The van der Waals surface area contributed by atoms with Gasteiger partial charge in [-0.05, 0) is 37.8 Å². The first kappa shape index (κ1) is 12.9. The molecule has 17 heavy (non-hydrogen) atoms. The number of likely N-dealkylation sites (N-methyl/N-ethyl adjacent to an activating group) is 1. The molecule has 0 spiro atoms. The average Bonchev–Trinajstić information content (AvgIpc) is 2.83. The summed E-state index contributed by atoms with van der Waals surface area (Å²) in [6.07, 6.45) is 5.02. The molecule has 1 aliphatic rings. The van der Waals surface area contributed by atoms with E-state index in [1.807, 2.05) is 30.2 Å². The minimum atomic E-state index is 0.120. The Morgan fingerprint density at radius 2 is 2.41 bits per heavy atom. The molecular weight excluding hydrogens is 230 g/mol. The lowest BCUT2D eigenvalue weighted by Gasteiger charge is -2.35. The molecule has 1 aliphatic heterocycles. The summed E-state index contributed by atoms with van der Waals surface area (Å²) in [4.78, 5) is 6.64. The van der Waals surface area contributed by atoms with Gasteiger partial charge in [0.1, 0.15) is 0 Å². The van der Waals surface area contributed by atoms with Crippen LogP contribution in [0.15, 0.2) is 24.5 Å². The monoisotopic (exact) mass is 251 g/mol. The fraction of sp³-hybridized carbons (Fsp3) is 0.615. The van der Waals surface area contributed by atoms with Crippen LogP contribution in [0.5, 0.6) is 0 Å². The van der Waals surface area contributed by atoms with Gasteiger partial charge in [-0.1, -0.05) is 6.07 Å². The summed E-state index contributed by atoms with van der Waals surface area (Å²) in [7, 11) is 2.19. The van der Waals surface area contributed by atoms with Crippen molar-refractivity contribution in [3.05, 3.63) is 30.1 Å². The minimum absolute atomic E-state index is 0.120. The molecule has 2 heterocycles. The lowest BCUT2D eigenvalue weighted by molar-refractivity contribution is 0.168. The van der Waals surface area contributed by atoms with Gasteiger partial charge in [0.25, 0.3) is 0 Å². The molecule has 1 saturated heterocycles. The van der Waals surface area contributed by atoms with E-state index in [1.165, 1.54) is 23.5 Å². The minimum Gasteiger partial charge on any atom is -0.326 e. The molecule has 2 N–H and O–H groups in total. The van der Waals surface area contributed by atoms with Gasteiger partial charge in [-0.2, -0.15) is 11.8 Å². The molecule has 4 heteroatoms. The number of aromatic nitrogens is 1. The largest absolute Gasteiger partial charge is 0.326 e. The maximum absolute atomic E-state index is 6.16. The van der Waals surface area contributed by atoms with Crippen LogP contribution in [0.3, 0.4) is 0 Å². The maximum atomic E-state index is 6.16. The van der Waals surface area contributed by atoms with E-state index >= 15 is 0 Å². The van der Waals surface area contributed by atoms with Crippen LogP contribution in [0.1, 0.15) is 24.9 Å². The van der Waals surface area contributed by atoms with Crippen molar-refractivity contribution < 1.29 is 0 Å². The number of nitrogens with two attached hydrogens (primary N) is 1. The number of hydrogen-bond acceptors (Lipinski definition) is 4. The van der Waals surface area contributed by atoms with Crippen molar-refractivity contribution >= 4 is 11.8 Å². The molecule has 2 rings (SSSR count). The Morgan fingerprint density at radius 3 is 2.94 bits per heavy atom. The summed E-state index contributed by atoms with van der Waals surface area (Å²) in [6, 6.07) is 5.15. The van der Waals surface area contributed by atoms with Crippen LogP contribution in [0.25, 0.3) is 0 Å². The third-order valence-corrected chi connectivity index (χ3v) is 4.59. The van der Waals surface area contributed by atoms with E-state index in [-0.39, 0.29) is 12.1 Å². The van der Waals surface area contributed by atoms with Crippen LogP contribution in [0.2, 0.25) is 0 Å². The first-order valence-electron chi connectivity index (χ1n) is 6.15. The van der Waals surface area contributed by atoms with E-state index in [0.29, 0.717) is 6.04 Å². The Bertz CT molecular complexity index is 336. The van der Waals surface area contributed by atoms with Crippen molar-refractivity contribution in [2.45, 2.75) is 31.5 Å². The highest BCUT2D eigenvalue weighted by Gasteiger charge is 2.29. The zero-order valence-corrected chi connectivity index (χ0v) is 11.4. The first-order valence-corrected chi connectivity index (χ1v) is 7.31. The van der Waals surface area contributed by atoms with Gasteiger partial charge in [0, 0.05) is 30.2 Å². The van der Waals surface area contributed by atoms with E-state index in [1.54, 1.807) is 0 Å². The highest BCUT2D eigenvalue weighted by molar-refractivity contribution is 7.99. The Morgan fingerprint density at radius 1 is 1.59 bits per heavy atom. The Kier molecular flexibility index (Phi) is 4.42. The average molecular weight is 251 g/mol. The predicted molar refractivity (Wildman–Crippen MR) is 74.1 cm³/mol. The van der Waals surface area contributed by atoms with Gasteiger partial charge in [-0.25, -0.2) is 0 Å². The van der Waals surface area contributed by atoms with Crippen molar-refractivity contribution in [3.63, 3.8) is 0 Å². The fourth-order valence-electron chi connectivity index (χ4n) is 2.53. The molecule has 0 aromatic carbocycles. The van der Waals surface area contributed by atoms with Crippen molar-refractivity contribution in [1.29, 1.82) is 0 Å². The standard InChI is InChI=1S/C13H21N3S/c1-10(14)13(11-4-3-6-15-8-11)16(2)12-5-7-17-9-12/h3-4,6,8,10,12-13H,5,7,9,14H2,1-2H3. The van der Waals surface area contributed by atoms with Gasteiger partial charge in [0.15, 0.2) is 0 Å². The summed E-state index contributed by atoms with van der Waals surface area (Å²) in [5, 5.41) is 0.